The minimum Gasteiger partial charge on any atom is -0.461 e. The molecule has 1 heterocycles. The van der Waals surface area contributed by atoms with Crippen LogP contribution in [0, 0.1) is 0 Å². The zero-order valence-corrected chi connectivity index (χ0v) is 17.9. The van der Waals surface area contributed by atoms with Crippen molar-refractivity contribution in [3.05, 3.63) is 127 Å². The second-order valence-corrected chi connectivity index (χ2v) is 10.3. The minimum atomic E-state index is -3.18. The summed E-state index contributed by atoms with van der Waals surface area (Å²) in [5.41, 5.74) is 0.473. The predicted octanol–water partition coefficient (Wildman–Crippen LogP) is 5.95. The Morgan fingerprint density at radius 3 is 1.84 bits per heavy atom. The number of carbonyl (C=O) groups is 1. The van der Waals surface area contributed by atoms with E-state index in [1.54, 1.807) is 12.1 Å². The van der Waals surface area contributed by atoms with Crippen LogP contribution in [-0.2, 0) is 4.57 Å². The van der Waals surface area contributed by atoms with Crippen LogP contribution in [0.2, 0.25) is 0 Å². The normalized spacial score (nSPS) is 12.6. The van der Waals surface area contributed by atoms with Gasteiger partial charge in [0.2, 0.25) is 0 Å². The molecule has 1 aromatic heterocycles. The van der Waals surface area contributed by atoms with Crippen LogP contribution in [-0.4, -0.2) is 11.4 Å². The molecule has 0 radical (unpaired) electrons. The molecule has 0 aliphatic heterocycles. The molecule has 1 atom stereocenters. The lowest BCUT2D eigenvalue weighted by atomic mass is 10.1. The molecular formula is C27H23O3P. The third-order valence-corrected chi connectivity index (χ3v) is 8.67. The van der Waals surface area contributed by atoms with Crippen LogP contribution in [0.5, 0.6) is 0 Å². The average Bonchev–Trinajstić information content (AvgIpc) is 3.38. The van der Waals surface area contributed by atoms with Gasteiger partial charge in [-0.3, -0.25) is 4.79 Å². The Morgan fingerprint density at radius 2 is 1.32 bits per heavy atom. The van der Waals surface area contributed by atoms with Crippen molar-refractivity contribution in [3.8, 4) is 0 Å². The molecule has 4 rings (SSSR count). The molecule has 0 saturated carbocycles. The highest BCUT2D eigenvalue weighted by Crippen LogP contribution is 2.51. The maximum absolute atomic E-state index is 14.8. The summed E-state index contributed by atoms with van der Waals surface area (Å²) in [5.74, 6) is 0.116. The Hall–Kier alpha value is -3.42. The largest absolute Gasteiger partial charge is 0.461 e. The van der Waals surface area contributed by atoms with Crippen LogP contribution in [0.1, 0.15) is 22.5 Å². The van der Waals surface area contributed by atoms with Gasteiger partial charge in [0.15, 0.2) is 11.5 Å². The Kier molecular flexibility index (Phi) is 6.45. The maximum atomic E-state index is 14.8. The summed E-state index contributed by atoms with van der Waals surface area (Å²) in [6.45, 7) is 0. The van der Waals surface area contributed by atoms with Gasteiger partial charge in [-0.25, -0.2) is 0 Å². The van der Waals surface area contributed by atoms with E-state index in [9.17, 15) is 9.36 Å². The van der Waals surface area contributed by atoms with E-state index in [2.05, 4.69) is 0 Å². The quantitative estimate of drug-likeness (QED) is 0.258. The lowest BCUT2D eigenvalue weighted by Gasteiger charge is -2.26. The van der Waals surface area contributed by atoms with Crippen LogP contribution in [0.3, 0.4) is 0 Å². The number of benzene rings is 3. The fourth-order valence-corrected chi connectivity index (χ4v) is 6.71. The van der Waals surface area contributed by atoms with Crippen LogP contribution in [0.15, 0.2) is 120 Å². The van der Waals surface area contributed by atoms with Crippen molar-refractivity contribution >= 4 is 29.6 Å². The number of ketones is 1. The van der Waals surface area contributed by atoms with E-state index >= 15 is 0 Å². The summed E-state index contributed by atoms with van der Waals surface area (Å²) in [6, 6.07) is 32.1. The van der Waals surface area contributed by atoms with Crippen molar-refractivity contribution in [2.75, 3.05) is 0 Å². The van der Waals surface area contributed by atoms with Crippen molar-refractivity contribution in [3.63, 3.8) is 0 Å². The molecule has 4 aromatic rings. The van der Waals surface area contributed by atoms with E-state index in [1.165, 1.54) is 6.26 Å². The molecule has 0 amide bonds. The predicted molar refractivity (Wildman–Crippen MR) is 127 cm³/mol. The number of Topliss-reactive ketones (excluding diaryl/α,β-unsaturated/α-hetero) is 1. The first-order chi connectivity index (χ1) is 15.2. The van der Waals surface area contributed by atoms with Gasteiger partial charge in [0.1, 0.15) is 7.14 Å². The van der Waals surface area contributed by atoms with Crippen LogP contribution in [0.4, 0.5) is 0 Å². The van der Waals surface area contributed by atoms with Gasteiger partial charge in [-0.05, 0) is 17.7 Å². The van der Waals surface area contributed by atoms with Crippen molar-refractivity contribution < 1.29 is 13.8 Å². The summed E-state index contributed by atoms with van der Waals surface area (Å²) in [6.07, 6.45) is 5.42. The lowest BCUT2D eigenvalue weighted by molar-refractivity contribution is 0.0957. The summed E-state index contributed by atoms with van der Waals surface area (Å²) >= 11 is 0. The highest BCUT2D eigenvalue weighted by Gasteiger charge is 2.36. The molecule has 31 heavy (non-hydrogen) atoms. The first kappa shape index (κ1) is 20.8. The van der Waals surface area contributed by atoms with Gasteiger partial charge in [-0.2, -0.15) is 0 Å². The average molecular weight is 426 g/mol. The number of hydrogen-bond acceptors (Lipinski definition) is 3. The lowest BCUT2D eigenvalue weighted by Crippen LogP contribution is -2.26. The van der Waals surface area contributed by atoms with Crippen molar-refractivity contribution in [1.29, 1.82) is 0 Å². The fraction of sp³-hybridized carbons (Fsp3) is 0.0741. The van der Waals surface area contributed by atoms with E-state index in [1.807, 2.05) is 103 Å². The molecule has 3 aromatic carbocycles. The van der Waals surface area contributed by atoms with E-state index < -0.39 is 12.8 Å². The number of allylic oxidation sites excluding steroid dienone is 1. The monoisotopic (exact) mass is 426 g/mol. The van der Waals surface area contributed by atoms with E-state index in [-0.39, 0.29) is 18.0 Å². The van der Waals surface area contributed by atoms with Crippen LogP contribution < -0.4 is 10.6 Å². The molecule has 0 unspecified atom stereocenters. The molecular weight excluding hydrogens is 403 g/mol. The second kappa shape index (κ2) is 9.59. The standard InChI is InChI=1S/C27H23O3P/c28-26(27-17-10-20-30-27)21-25(19-18-22-11-4-1-5-12-22)31(29,23-13-6-2-7-14-23)24-15-8-3-9-16-24/h1-20,25H,21H2/b19-18+/t25-/m1/s1. The van der Waals surface area contributed by atoms with Gasteiger partial charge in [-0.1, -0.05) is 103 Å². The fourth-order valence-electron chi connectivity index (χ4n) is 3.66. The van der Waals surface area contributed by atoms with Gasteiger partial charge in [0.05, 0.1) is 6.26 Å². The third-order valence-electron chi connectivity index (χ3n) is 5.25. The highest BCUT2D eigenvalue weighted by molar-refractivity contribution is 7.79. The molecule has 0 aliphatic rings. The molecule has 0 bridgehead atoms. The zero-order chi connectivity index (χ0) is 21.5. The molecule has 0 saturated heterocycles. The van der Waals surface area contributed by atoms with Gasteiger partial charge in [0, 0.05) is 22.7 Å². The summed E-state index contributed by atoms with van der Waals surface area (Å²) in [5, 5.41) is 1.47. The van der Waals surface area contributed by atoms with E-state index in [4.69, 9.17) is 4.42 Å². The Labute approximate surface area is 182 Å². The summed E-state index contributed by atoms with van der Waals surface area (Å²) in [7, 11) is -3.18. The first-order valence-electron chi connectivity index (χ1n) is 10.2. The van der Waals surface area contributed by atoms with E-state index in [0.29, 0.717) is 0 Å². The van der Waals surface area contributed by atoms with Gasteiger partial charge >= 0.3 is 0 Å². The molecule has 0 fully saturated rings. The Bertz CT molecular complexity index is 1140. The molecule has 4 heteroatoms. The topological polar surface area (TPSA) is 47.3 Å². The van der Waals surface area contributed by atoms with Crippen molar-refractivity contribution in [2.24, 2.45) is 0 Å². The second-order valence-electron chi connectivity index (χ2n) is 7.27. The highest BCUT2D eigenvalue weighted by atomic mass is 31.2. The third kappa shape index (κ3) is 4.68. The number of carbonyl (C=O) groups excluding carboxylic acids is 1. The minimum absolute atomic E-state index is 0.0813. The SMILES string of the molecule is O=C(C[C@@H](/C=C/c1ccccc1)P(=O)(c1ccccc1)c1ccccc1)c1ccco1. The van der Waals surface area contributed by atoms with Crippen LogP contribution in [0.25, 0.3) is 6.08 Å². The molecule has 0 aliphatic carbocycles. The van der Waals surface area contributed by atoms with Crippen molar-refractivity contribution in [2.45, 2.75) is 12.1 Å². The molecule has 0 spiro atoms. The summed E-state index contributed by atoms with van der Waals surface area (Å²) in [4.78, 5) is 13.0. The first-order valence-corrected chi connectivity index (χ1v) is 12.0. The molecule has 0 N–H and O–H groups in total. The Morgan fingerprint density at radius 1 is 0.774 bits per heavy atom. The number of furan rings is 1. The van der Waals surface area contributed by atoms with Gasteiger partial charge in [-0.15, -0.1) is 0 Å². The summed E-state index contributed by atoms with van der Waals surface area (Å²) < 4.78 is 20.1. The van der Waals surface area contributed by atoms with Gasteiger partial charge < -0.3 is 8.98 Å². The van der Waals surface area contributed by atoms with Gasteiger partial charge in [0.25, 0.3) is 0 Å². The number of rotatable bonds is 8. The smallest absolute Gasteiger partial charge is 0.199 e. The molecule has 154 valence electrons. The zero-order valence-electron chi connectivity index (χ0n) is 17.0. The van der Waals surface area contributed by atoms with Crippen molar-refractivity contribution in [1.82, 2.24) is 0 Å². The number of hydrogen-bond donors (Lipinski definition) is 0. The maximum Gasteiger partial charge on any atom is 0.199 e. The molecule has 3 nitrogen and oxygen atoms in total. The Balaban J connectivity index is 1.82. The van der Waals surface area contributed by atoms with E-state index in [0.717, 1.165) is 16.2 Å². The van der Waals surface area contributed by atoms with Crippen LogP contribution >= 0.6 is 7.14 Å².